The zero-order valence-corrected chi connectivity index (χ0v) is 15.8. The molecule has 0 atom stereocenters. The van der Waals surface area contributed by atoms with E-state index in [4.69, 9.17) is 4.52 Å². The summed E-state index contributed by atoms with van der Waals surface area (Å²) in [6.07, 6.45) is 0.884. The van der Waals surface area contributed by atoms with E-state index in [-0.39, 0.29) is 0 Å². The van der Waals surface area contributed by atoms with Crippen molar-refractivity contribution >= 4 is 22.6 Å². The number of piperazine rings is 1. The van der Waals surface area contributed by atoms with Gasteiger partial charge in [0.2, 0.25) is 5.13 Å². The van der Waals surface area contributed by atoms with Crippen molar-refractivity contribution < 1.29 is 4.52 Å². The average Bonchev–Trinajstić information content (AvgIpc) is 3.27. The molecule has 9 heteroatoms. The van der Waals surface area contributed by atoms with Crippen molar-refractivity contribution in [3.63, 3.8) is 0 Å². The van der Waals surface area contributed by atoms with Crippen LogP contribution < -0.4 is 10.2 Å². The molecular formula is C16H25N7OS. The van der Waals surface area contributed by atoms with Gasteiger partial charge in [-0.15, -0.1) is 0 Å². The first-order valence-electron chi connectivity index (χ1n) is 8.72. The highest BCUT2D eigenvalue weighted by molar-refractivity contribution is 7.09. The van der Waals surface area contributed by atoms with E-state index in [1.54, 1.807) is 0 Å². The zero-order chi connectivity index (χ0) is 17.6. The maximum Gasteiger partial charge on any atom is 0.205 e. The van der Waals surface area contributed by atoms with Crippen LogP contribution in [0.1, 0.15) is 31.1 Å². The van der Waals surface area contributed by atoms with Gasteiger partial charge >= 0.3 is 0 Å². The SMILES string of the molecule is CCNC(=NCc1cc(C)no1)N1CCN(c2nc(CC)ns2)CC1. The highest BCUT2D eigenvalue weighted by atomic mass is 32.1. The summed E-state index contributed by atoms with van der Waals surface area (Å²) in [5, 5.41) is 8.30. The molecule has 0 radical (unpaired) electrons. The molecule has 3 heterocycles. The number of nitrogens with zero attached hydrogens (tertiary/aromatic N) is 6. The fourth-order valence-corrected chi connectivity index (χ4v) is 3.50. The lowest BCUT2D eigenvalue weighted by molar-refractivity contribution is 0.365. The Morgan fingerprint density at radius 3 is 2.72 bits per heavy atom. The van der Waals surface area contributed by atoms with Gasteiger partial charge in [-0.05, 0) is 13.8 Å². The predicted molar refractivity (Wildman–Crippen MR) is 99.1 cm³/mol. The minimum atomic E-state index is 0.500. The monoisotopic (exact) mass is 363 g/mol. The van der Waals surface area contributed by atoms with E-state index < -0.39 is 0 Å². The van der Waals surface area contributed by atoms with Gasteiger partial charge in [-0.1, -0.05) is 12.1 Å². The predicted octanol–water partition coefficient (Wildman–Crippen LogP) is 1.68. The van der Waals surface area contributed by atoms with Gasteiger partial charge < -0.3 is 19.6 Å². The summed E-state index contributed by atoms with van der Waals surface area (Å²) in [6.45, 7) is 11.1. The number of hydrogen-bond acceptors (Lipinski definition) is 7. The molecule has 8 nitrogen and oxygen atoms in total. The van der Waals surface area contributed by atoms with Crippen molar-refractivity contribution in [2.75, 3.05) is 37.6 Å². The van der Waals surface area contributed by atoms with Gasteiger partial charge in [-0.25, -0.2) is 9.98 Å². The van der Waals surface area contributed by atoms with E-state index in [2.05, 4.69) is 48.5 Å². The molecule has 2 aromatic rings. The lowest BCUT2D eigenvalue weighted by atomic mass is 10.3. The molecule has 0 bridgehead atoms. The van der Waals surface area contributed by atoms with Crippen molar-refractivity contribution in [1.29, 1.82) is 0 Å². The Labute approximate surface area is 152 Å². The summed E-state index contributed by atoms with van der Waals surface area (Å²) >= 11 is 1.49. The van der Waals surface area contributed by atoms with E-state index >= 15 is 0 Å². The van der Waals surface area contributed by atoms with Crippen LogP contribution in [0.5, 0.6) is 0 Å². The molecular weight excluding hydrogens is 338 g/mol. The van der Waals surface area contributed by atoms with E-state index in [1.165, 1.54) is 11.5 Å². The average molecular weight is 363 g/mol. The Morgan fingerprint density at radius 1 is 1.32 bits per heavy atom. The number of rotatable bonds is 5. The summed E-state index contributed by atoms with van der Waals surface area (Å²) in [4.78, 5) is 13.9. The summed E-state index contributed by atoms with van der Waals surface area (Å²) in [5.74, 6) is 2.63. The van der Waals surface area contributed by atoms with Gasteiger partial charge in [-0.3, -0.25) is 0 Å². The third-order valence-electron chi connectivity index (χ3n) is 4.02. The molecule has 136 valence electrons. The standard InChI is InChI=1S/C16H25N7OS/c1-4-14-19-16(25-21-14)23-8-6-22(7-9-23)15(17-5-2)18-11-13-10-12(3)20-24-13/h10H,4-9,11H2,1-3H3,(H,17,18). The van der Waals surface area contributed by atoms with Crippen molar-refractivity contribution in [3.8, 4) is 0 Å². The maximum absolute atomic E-state index is 5.24. The van der Waals surface area contributed by atoms with Crippen LogP contribution >= 0.6 is 11.5 Å². The third-order valence-corrected chi connectivity index (χ3v) is 4.83. The number of aromatic nitrogens is 3. The molecule has 2 aromatic heterocycles. The normalized spacial score (nSPS) is 15.7. The van der Waals surface area contributed by atoms with Crippen molar-refractivity contribution in [1.82, 2.24) is 24.7 Å². The van der Waals surface area contributed by atoms with Gasteiger partial charge in [0.05, 0.1) is 5.69 Å². The molecule has 0 saturated carbocycles. The number of aliphatic imine (C=N–C) groups is 1. The molecule has 0 spiro atoms. The molecule has 0 aliphatic carbocycles. The molecule has 1 aliphatic rings. The number of hydrogen-bond donors (Lipinski definition) is 1. The molecule has 0 unspecified atom stereocenters. The second kappa shape index (κ2) is 8.28. The van der Waals surface area contributed by atoms with Gasteiger partial charge in [0.25, 0.3) is 0 Å². The highest BCUT2D eigenvalue weighted by Gasteiger charge is 2.22. The van der Waals surface area contributed by atoms with Crippen molar-refractivity contribution in [2.45, 2.75) is 33.7 Å². The van der Waals surface area contributed by atoms with E-state index in [9.17, 15) is 0 Å². The fraction of sp³-hybridized carbons (Fsp3) is 0.625. The first-order valence-corrected chi connectivity index (χ1v) is 9.50. The molecule has 0 amide bonds. The van der Waals surface area contributed by atoms with Crippen LogP contribution in [0.15, 0.2) is 15.6 Å². The van der Waals surface area contributed by atoms with Crippen LogP contribution in [0.2, 0.25) is 0 Å². The molecule has 1 fully saturated rings. The first-order chi connectivity index (χ1) is 12.2. The Morgan fingerprint density at radius 2 is 2.12 bits per heavy atom. The van der Waals surface area contributed by atoms with Crippen LogP contribution in [-0.2, 0) is 13.0 Å². The lowest BCUT2D eigenvalue weighted by Gasteiger charge is -2.36. The zero-order valence-electron chi connectivity index (χ0n) is 15.0. The maximum atomic E-state index is 5.24. The third kappa shape index (κ3) is 4.47. The summed E-state index contributed by atoms with van der Waals surface area (Å²) in [5.41, 5.74) is 0.882. The quantitative estimate of drug-likeness (QED) is 0.639. The van der Waals surface area contributed by atoms with E-state index in [0.717, 1.165) is 67.5 Å². The lowest BCUT2D eigenvalue weighted by Crippen LogP contribution is -2.52. The first kappa shape index (κ1) is 17.7. The smallest absolute Gasteiger partial charge is 0.205 e. The largest absolute Gasteiger partial charge is 0.359 e. The van der Waals surface area contributed by atoms with Crippen LogP contribution in [0, 0.1) is 6.92 Å². The van der Waals surface area contributed by atoms with Gasteiger partial charge in [0.15, 0.2) is 11.7 Å². The van der Waals surface area contributed by atoms with Gasteiger partial charge in [0, 0.05) is 56.7 Å². The van der Waals surface area contributed by atoms with Crippen LogP contribution in [-0.4, -0.2) is 58.1 Å². The second-order valence-electron chi connectivity index (χ2n) is 5.93. The molecule has 0 aromatic carbocycles. The van der Waals surface area contributed by atoms with Crippen LogP contribution in [0.25, 0.3) is 0 Å². The summed E-state index contributed by atoms with van der Waals surface area (Å²) in [6, 6.07) is 1.92. The van der Waals surface area contributed by atoms with E-state index in [0.29, 0.717) is 6.54 Å². The highest BCUT2D eigenvalue weighted by Crippen LogP contribution is 2.19. The summed E-state index contributed by atoms with van der Waals surface area (Å²) < 4.78 is 9.62. The number of guanidine groups is 1. The second-order valence-corrected chi connectivity index (χ2v) is 6.66. The van der Waals surface area contributed by atoms with E-state index in [1.807, 2.05) is 13.0 Å². The number of aryl methyl sites for hydroxylation is 2. The Hall–Kier alpha value is -2.16. The number of anilines is 1. The molecule has 1 aliphatic heterocycles. The molecule has 1 N–H and O–H groups in total. The van der Waals surface area contributed by atoms with Crippen LogP contribution in [0.3, 0.4) is 0 Å². The Bertz CT molecular complexity index is 703. The topological polar surface area (TPSA) is 82.7 Å². The minimum absolute atomic E-state index is 0.500. The molecule has 25 heavy (non-hydrogen) atoms. The summed E-state index contributed by atoms with van der Waals surface area (Å²) in [7, 11) is 0. The van der Waals surface area contributed by atoms with Crippen molar-refractivity contribution in [3.05, 3.63) is 23.3 Å². The molecule has 3 rings (SSSR count). The Kier molecular flexibility index (Phi) is 5.85. The Balaban J connectivity index is 1.59. The van der Waals surface area contributed by atoms with Crippen molar-refractivity contribution in [2.24, 2.45) is 4.99 Å². The van der Waals surface area contributed by atoms with Gasteiger partial charge in [0.1, 0.15) is 12.4 Å². The fourth-order valence-electron chi connectivity index (χ4n) is 2.70. The minimum Gasteiger partial charge on any atom is -0.359 e. The van der Waals surface area contributed by atoms with Gasteiger partial charge in [-0.2, -0.15) is 4.37 Å². The van der Waals surface area contributed by atoms with Crippen LogP contribution in [0.4, 0.5) is 5.13 Å². The number of nitrogens with one attached hydrogen (secondary N) is 1. The molecule has 1 saturated heterocycles.